The van der Waals surface area contributed by atoms with Crippen molar-refractivity contribution in [2.75, 3.05) is 31.6 Å². The van der Waals surface area contributed by atoms with Gasteiger partial charge in [0, 0.05) is 12.6 Å². The number of likely N-dealkylation sites (tertiary alicyclic amines) is 1. The summed E-state index contributed by atoms with van der Waals surface area (Å²) in [7, 11) is 1.64. The number of anilines is 1. The maximum Gasteiger partial charge on any atom is 0.241 e. The molecular weight excluding hydrogens is 357 g/mol. The Labute approximate surface area is 164 Å². The minimum absolute atomic E-state index is 0.123. The third-order valence-corrected chi connectivity index (χ3v) is 5.07. The number of nitrogens with zero attached hydrogens (tertiary/aromatic N) is 3. The topological polar surface area (TPSA) is 56.6 Å². The molecule has 0 radical (unpaired) electrons. The largest absolute Gasteiger partial charge is 0.497 e. The summed E-state index contributed by atoms with van der Waals surface area (Å²) in [5, 5.41) is 8.93. The number of carbonyl (C=O) groups excluding carboxylic acids is 1. The van der Waals surface area contributed by atoms with E-state index < -0.39 is 5.82 Å². The van der Waals surface area contributed by atoms with Crippen molar-refractivity contribution in [1.82, 2.24) is 4.90 Å². The van der Waals surface area contributed by atoms with Crippen LogP contribution in [0.2, 0.25) is 0 Å². The molecule has 1 atom stereocenters. The van der Waals surface area contributed by atoms with Gasteiger partial charge in [-0.3, -0.25) is 9.69 Å². The quantitative estimate of drug-likeness (QED) is 0.729. The molecule has 0 aliphatic carbocycles. The molecule has 1 amide bonds. The van der Waals surface area contributed by atoms with E-state index in [1.165, 1.54) is 11.0 Å². The minimum atomic E-state index is -0.459. The van der Waals surface area contributed by atoms with Crippen molar-refractivity contribution >= 4 is 11.6 Å². The van der Waals surface area contributed by atoms with Gasteiger partial charge in [0.1, 0.15) is 11.6 Å². The van der Waals surface area contributed by atoms with Gasteiger partial charge in [0.15, 0.2) is 0 Å². The van der Waals surface area contributed by atoms with Gasteiger partial charge < -0.3 is 9.64 Å². The van der Waals surface area contributed by atoms with Gasteiger partial charge in [-0.05, 0) is 49.2 Å². The highest BCUT2D eigenvalue weighted by atomic mass is 19.1. The zero-order chi connectivity index (χ0) is 19.9. The molecule has 0 unspecified atom stereocenters. The normalized spacial score (nSPS) is 16.5. The molecule has 0 N–H and O–H groups in total. The number of rotatable bonds is 7. The van der Waals surface area contributed by atoms with Crippen molar-refractivity contribution in [2.24, 2.45) is 0 Å². The zero-order valence-corrected chi connectivity index (χ0v) is 16.0. The number of benzene rings is 2. The van der Waals surface area contributed by atoms with Gasteiger partial charge in [0.25, 0.3) is 0 Å². The molecule has 1 aliphatic rings. The highest BCUT2D eigenvalue weighted by Crippen LogP contribution is 2.33. The average Bonchev–Trinajstić information content (AvgIpc) is 3.17. The molecule has 2 aromatic rings. The van der Waals surface area contributed by atoms with Crippen LogP contribution in [-0.2, 0) is 4.79 Å². The lowest BCUT2D eigenvalue weighted by atomic mass is 10.0. The maximum absolute atomic E-state index is 14.3. The summed E-state index contributed by atoms with van der Waals surface area (Å²) >= 11 is 0. The minimum Gasteiger partial charge on any atom is -0.497 e. The van der Waals surface area contributed by atoms with E-state index in [2.05, 4.69) is 4.90 Å². The van der Waals surface area contributed by atoms with Crippen LogP contribution in [0.4, 0.5) is 10.1 Å². The molecule has 1 aliphatic heterocycles. The number of hydrogen-bond donors (Lipinski definition) is 0. The van der Waals surface area contributed by atoms with Crippen molar-refractivity contribution in [3.8, 4) is 11.8 Å². The zero-order valence-electron chi connectivity index (χ0n) is 16.0. The van der Waals surface area contributed by atoms with Crippen molar-refractivity contribution in [2.45, 2.75) is 25.3 Å². The Morgan fingerprint density at radius 2 is 2.14 bits per heavy atom. The van der Waals surface area contributed by atoms with Crippen molar-refractivity contribution in [1.29, 1.82) is 5.26 Å². The first kappa shape index (κ1) is 19.8. The van der Waals surface area contributed by atoms with Crippen LogP contribution in [0.1, 0.15) is 30.9 Å². The maximum atomic E-state index is 14.3. The Hall–Kier alpha value is -2.91. The van der Waals surface area contributed by atoms with E-state index in [-0.39, 0.29) is 37.1 Å². The summed E-state index contributed by atoms with van der Waals surface area (Å²) in [5.41, 5.74) is 1.33. The van der Waals surface area contributed by atoms with Gasteiger partial charge in [-0.1, -0.05) is 24.3 Å². The Kier molecular flexibility index (Phi) is 6.62. The molecule has 5 nitrogen and oxygen atoms in total. The molecule has 146 valence electrons. The van der Waals surface area contributed by atoms with Gasteiger partial charge in [-0.25, -0.2) is 4.39 Å². The highest BCUT2D eigenvalue weighted by molar-refractivity contribution is 5.95. The number of methoxy groups -OCH3 is 1. The van der Waals surface area contributed by atoms with Gasteiger partial charge in [-0.2, -0.15) is 5.26 Å². The van der Waals surface area contributed by atoms with Gasteiger partial charge in [0.05, 0.1) is 31.8 Å². The fraction of sp³-hybridized carbons (Fsp3) is 0.364. The molecule has 28 heavy (non-hydrogen) atoms. The van der Waals surface area contributed by atoms with Gasteiger partial charge >= 0.3 is 0 Å². The predicted octanol–water partition coefficient (Wildman–Crippen LogP) is 3.92. The first-order valence-electron chi connectivity index (χ1n) is 9.44. The third kappa shape index (κ3) is 4.49. The Bertz CT molecular complexity index is 865. The molecule has 1 heterocycles. The monoisotopic (exact) mass is 381 g/mol. The summed E-state index contributed by atoms with van der Waals surface area (Å²) in [5.74, 6) is 0.132. The Morgan fingerprint density at radius 3 is 2.89 bits per heavy atom. The molecular formula is C22H24FN3O2. The molecule has 6 heteroatoms. The smallest absolute Gasteiger partial charge is 0.241 e. The van der Waals surface area contributed by atoms with Gasteiger partial charge in [-0.15, -0.1) is 0 Å². The van der Waals surface area contributed by atoms with E-state index in [0.717, 1.165) is 30.7 Å². The summed E-state index contributed by atoms with van der Waals surface area (Å²) in [6, 6.07) is 16.2. The average molecular weight is 381 g/mol. The third-order valence-electron chi connectivity index (χ3n) is 5.07. The van der Waals surface area contributed by atoms with Gasteiger partial charge in [0.2, 0.25) is 5.91 Å². The SMILES string of the molecule is COc1cccc([C@H]2CCCN2CC(=O)N(CCC#N)c2ccccc2F)c1. The van der Waals surface area contributed by atoms with Crippen molar-refractivity contribution in [3.63, 3.8) is 0 Å². The number of hydrogen-bond acceptors (Lipinski definition) is 4. The van der Waals surface area contributed by atoms with Crippen molar-refractivity contribution < 1.29 is 13.9 Å². The van der Waals surface area contributed by atoms with Crippen molar-refractivity contribution in [3.05, 3.63) is 59.9 Å². The number of nitriles is 1. The number of para-hydroxylation sites is 1. The van der Waals surface area contributed by atoms with E-state index in [1.807, 2.05) is 30.3 Å². The lowest BCUT2D eigenvalue weighted by molar-refractivity contribution is -0.120. The van der Waals surface area contributed by atoms with E-state index in [4.69, 9.17) is 10.00 Å². The first-order valence-corrected chi connectivity index (χ1v) is 9.44. The van der Waals surface area contributed by atoms with E-state index in [9.17, 15) is 9.18 Å². The van der Waals surface area contributed by atoms with E-state index in [0.29, 0.717) is 0 Å². The van der Waals surface area contributed by atoms with Crippen LogP contribution in [0, 0.1) is 17.1 Å². The molecule has 2 aromatic carbocycles. The van der Waals surface area contributed by atoms with Crippen LogP contribution in [-0.4, -0.2) is 37.6 Å². The van der Waals surface area contributed by atoms with E-state index >= 15 is 0 Å². The molecule has 0 saturated carbocycles. The summed E-state index contributed by atoms with van der Waals surface area (Å²) in [6.45, 7) is 1.16. The second-order valence-corrected chi connectivity index (χ2v) is 6.81. The van der Waals surface area contributed by atoms with Crippen LogP contribution in [0.25, 0.3) is 0 Å². The van der Waals surface area contributed by atoms with E-state index in [1.54, 1.807) is 25.3 Å². The Balaban J connectivity index is 1.78. The second-order valence-electron chi connectivity index (χ2n) is 6.81. The molecule has 1 fully saturated rings. The first-order chi connectivity index (χ1) is 13.6. The lowest BCUT2D eigenvalue weighted by Crippen LogP contribution is -2.41. The van der Waals surface area contributed by atoms with Crippen LogP contribution in [0.15, 0.2) is 48.5 Å². The van der Waals surface area contributed by atoms with Crippen LogP contribution in [0.3, 0.4) is 0 Å². The fourth-order valence-corrected chi connectivity index (χ4v) is 3.71. The predicted molar refractivity (Wildman–Crippen MR) is 106 cm³/mol. The lowest BCUT2D eigenvalue weighted by Gasteiger charge is -2.28. The second kappa shape index (κ2) is 9.34. The fourth-order valence-electron chi connectivity index (χ4n) is 3.71. The van der Waals surface area contributed by atoms with Crippen LogP contribution < -0.4 is 9.64 Å². The molecule has 3 rings (SSSR count). The number of halogens is 1. The number of ether oxygens (including phenoxy) is 1. The summed E-state index contributed by atoms with van der Waals surface area (Å²) < 4.78 is 19.6. The Morgan fingerprint density at radius 1 is 1.32 bits per heavy atom. The number of carbonyl (C=O) groups is 1. The molecule has 0 bridgehead atoms. The highest BCUT2D eigenvalue weighted by Gasteiger charge is 2.30. The summed E-state index contributed by atoms with van der Waals surface area (Å²) in [4.78, 5) is 16.6. The van der Waals surface area contributed by atoms with Crippen LogP contribution in [0.5, 0.6) is 5.75 Å². The number of amides is 1. The molecule has 0 spiro atoms. The molecule has 0 aromatic heterocycles. The molecule has 1 saturated heterocycles. The summed E-state index contributed by atoms with van der Waals surface area (Å²) in [6.07, 6.45) is 2.10. The standard InChI is InChI=1S/C22H24FN3O2/c1-28-18-8-4-7-17(15-18)20-11-5-13-25(20)16-22(27)26(14-6-12-24)21-10-3-2-9-19(21)23/h2-4,7-10,15,20H,5-6,11,13-14,16H2,1H3/t20-/m1/s1. The van der Waals surface area contributed by atoms with Crippen LogP contribution >= 0.6 is 0 Å².